The van der Waals surface area contributed by atoms with Crippen LogP contribution < -0.4 is 15.0 Å². The summed E-state index contributed by atoms with van der Waals surface area (Å²) in [6.45, 7) is 2.98. The van der Waals surface area contributed by atoms with E-state index in [1.54, 1.807) is 24.3 Å². The average molecular weight is 473 g/mol. The molecule has 4 heterocycles. The summed E-state index contributed by atoms with van der Waals surface area (Å²) in [5, 5.41) is 12.6. The van der Waals surface area contributed by atoms with E-state index in [1.807, 2.05) is 0 Å². The van der Waals surface area contributed by atoms with E-state index in [0.29, 0.717) is 23.9 Å². The lowest BCUT2D eigenvalue weighted by molar-refractivity contribution is 0.0696. The minimum atomic E-state index is -1.05. The minimum absolute atomic E-state index is 0.0543. The standard InChI is InChI=1S/C23H28N4O5S/c28-22(29)15-1-3-17(4-2-15)32-18-5-10-27(11-6-18)23-25-19-9-14-33(30)20(19)21(26-23)24-16-7-12-31-13-8-16/h1-4,16,18H,5-14H2,(H,28,29)(H,24,25,26). The molecule has 1 atom stereocenters. The van der Waals surface area contributed by atoms with Gasteiger partial charge in [0.2, 0.25) is 10.8 Å². The second kappa shape index (κ2) is 9.74. The fourth-order valence-corrected chi connectivity index (χ4v) is 5.81. The van der Waals surface area contributed by atoms with Gasteiger partial charge in [0, 0.05) is 51.6 Å². The Morgan fingerprint density at radius 1 is 1.15 bits per heavy atom. The van der Waals surface area contributed by atoms with Gasteiger partial charge in [-0.3, -0.25) is 0 Å². The summed E-state index contributed by atoms with van der Waals surface area (Å²) < 4.78 is 24.1. The first-order valence-corrected chi connectivity index (χ1v) is 12.8. The molecular formula is C23H28N4O5S. The monoisotopic (exact) mass is 472 g/mol. The number of hydrogen-bond donors (Lipinski definition) is 2. The zero-order chi connectivity index (χ0) is 22.8. The van der Waals surface area contributed by atoms with Crippen molar-refractivity contribution in [3.63, 3.8) is 0 Å². The molecule has 0 amide bonds. The number of rotatable bonds is 6. The van der Waals surface area contributed by atoms with Crippen LogP contribution >= 0.6 is 0 Å². The van der Waals surface area contributed by atoms with Gasteiger partial charge < -0.3 is 29.3 Å². The van der Waals surface area contributed by atoms with Crippen molar-refractivity contribution in [3.05, 3.63) is 35.5 Å². The minimum Gasteiger partial charge on any atom is -0.611 e. The highest BCUT2D eigenvalue weighted by Crippen LogP contribution is 2.34. The van der Waals surface area contributed by atoms with E-state index in [0.717, 1.165) is 68.4 Å². The van der Waals surface area contributed by atoms with Gasteiger partial charge in [0.15, 0.2) is 5.82 Å². The Labute approximate surface area is 195 Å². The number of anilines is 2. The number of aromatic nitrogens is 2. The summed E-state index contributed by atoms with van der Waals surface area (Å²) in [7, 11) is 0. The van der Waals surface area contributed by atoms with Gasteiger partial charge in [-0.25, -0.2) is 9.78 Å². The van der Waals surface area contributed by atoms with Crippen molar-refractivity contribution in [1.82, 2.24) is 9.97 Å². The number of piperidine rings is 1. The Morgan fingerprint density at radius 2 is 1.88 bits per heavy atom. The van der Waals surface area contributed by atoms with Crippen molar-refractivity contribution in [1.29, 1.82) is 0 Å². The van der Waals surface area contributed by atoms with Crippen LogP contribution in [0.5, 0.6) is 5.75 Å². The molecule has 176 valence electrons. The van der Waals surface area contributed by atoms with E-state index in [-0.39, 0.29) is 17.7 Å². The van der Waals surface area contributed by atoms with Crippen LogP contribution in [0, 0.1) is 0 Å². The fourth-order valence-electron chi connectivity index (χ4n) is 4.50. The maximum absolute atomic E-state index is 12.6. The molecule has 0 bridgehead atoms. The number of benzene rings is 1. The molecule has 0 aliphatic carbocycles. The molecule has 2 aromatic rings. The lowest BCUT2D eigenvalue weighted by Gasteiger charge is -2.32. The van der Waals surface area contributed by atoms with Crippen molar-refractivity contribution in [2.45, 2.75) is 49.1 Å². The summed E-state index contributed by atoms with van der Waals surface area (Å²) >= 11 is -1.05. The van der Waals surface area contributed by atoms with E-state index in [2.05, 4.69) is 10.2 Å². The SMILES string of the molecule is O=C(O)c1ccc(OC2CCN(c3nc4c(c(NC5CCOCC5)n3)[S+]([O-])CC4)CC2)cc1. The van der Waals surface area contributed by atoms with Gasteiger partial charge in [0.1, 0.15) is 23.3 Å². The summed E-state index contributed by atoms with van der Waals surface area (Å²) in [6, 6.07) is 6.79. The molecule has 0 spiro atoms. The molecular weight excluding hydrogens is 444 g/mol. The Hall–Kier alpha value is -2.56. The van der Waals surface area contributed by atoms with E-state index in [9.17, 15) is 9.35 Å². The predicted molar refractivity (Wildman–Crippen MR) is 124 cm³/mol. The Morgan fingerprint density at radius 3 is 2.58 bits per heavy atom. The fraction of sp³-hybridized carbons (Fsp3) is 0.522. The molecule has 10 heteroatoms. The first-order chi connectivity index (χ1) is 16.1. The zero-order valence-electron chi connectivity index (χ0n) is 18.4. The highest BCUT2D eigenvalue weighted by Gasteiger charge is 2.34. The van der Waals surface area contributed by atoms with Gasteiger partial charge in [-0.15, -0.1) is 0 Å². The van der Waals surface area contributed by atoms with Crippen molar-refractivity contribution in [2.24, 2.45) is 0 Å². The maximum Gasteiger partial charge on any atom is 0.335 e. The van der Waals surface area contributed by atoms with E-state index < -0.39 is 17.1 Å². The molecule has 1 aromatic heterocycles. The number of aromatic carboxylic acids is 1. The number of nitrogens with one attached hydrogen (secondary N) is 1. The number of hydrogen-bond acceptors (Lipinski definition) is 8. The van der Waals surface area contributed by atoms with Crippen LogP contribution in [0.1, 0.15) is 41.7 Å². The van der Waals surface area contributed by atoms with Crippen molar-refractivity contribution >= 4 is 28.9 Å². The number of ether oxygens (including phenoxy) is 2. The number of nitrogens with zero attached hydrogens (tertiary/aromatic N) is 3. The quantitative estimate of drug-likeness (QED) is 0.611. The molecule has 3 aliphatic rings. The summed E-state index contributed by atoms with van der Waals surface area (Å²) in [4.78, 5) is 23.6. The predicted octanol–water partition coefficient (Wildman–Crippen LogP) is 2.48. The van der Waals surface area contributed by atoms with Crippen molar-refractivity contribution in [3.8, 4) is 5.75 Å². The Bertz CT molecular complexity index is 991. The molecule has 33 heavy (non-hydrogen) atoms. The van der Waals surface area contributed by atoms with Crippen LogP contribution in [0.15, 0.2) is 29.2 Å². The van der Waals surface area contributed by atoms with E-state index in [4.69, 9.17) is 24.5 Å². The molecule has 9 nitrogen and oxygen atoms in total. The third-order valence-electron chi connectivity index (χ3n) is 6.37. The van der Waals surface area contributed by atoms with Crippen LogP contribution in [0.3, 0.4) is 0 Å². The van der Waals surface area contributed by atoms with Crippen LogP contribution in [0.4, 0.5) is 11.8 Å². The van der Waals surface area contributed by atoms with Crippen LogP contribution in [0.2, 0.25) is 0 Å². The lowest BCUT2D eigenvalue weighted by atomic mass is 10.1. The average Bonchev–Trinajstić information content (AvgIpc) is 3.21. The van der Waals surface area contributed by atoms with E-state index in [1.165, 1.54) is 0 Å². The molecule has 2 saturated heterocycles. The number of aryl methyl sites for hydroxylation is 1. The van der Waals surface area contributed by atoms with Crippen molar-refractivity contribution < 1.29 is 23.9 Å². The smallest absolute Gasteiger partial charge is 0.335 e. The van der Waals surface area contributed by atoms with Gasteiger partial charge in [0.05, 0.1) is 5.56 Å². The normalized spacial score (nSPS) is 21.6. The first-order valence-electron chi connectivity index (χ1n) is 11.5. The molecule has 0 radical (unpaired) electrons. The second-order valence-corrected chi connectivity index (χ2v) is 10.1. The van der Waals surface area contributed by atoms with Gasteiger partial charge >= 0.3 is 5.97 Å². The van der Waals surface area contributed by atoms with Crippen LogP contribution in [-0.4, -0.2) is 69.8 Å². The highest BCUT2D eigenvalue weighted by atomic mass is 32.2. The Balaban J connectivity index is 1.25. The molecule has 5 rings (SSSR count). The van der Waals surface area contributed by atoms with Gasteiger partial charge in [-0.2, -0.15) is 4.98 Å². The molecule has 2 fully saturated rings. The molecule has 2 N–H and O–H groups in total. The van der Waals surface area contributed by atoms with Gasteiger partial charge in [0.25, 0.3) is 0 Å². The molecule has 1 aromatic carbocycles. The van der Waals surface area contributed by atoms with Crippen LogP contribution in [-0.2, 0) is 22.3 Å². The molecule has 1 unspecified atom stereocenters. The number of carboxylic acids is 1. The summed E-state index contributed by atoms with van der Waals surface area (Å²) in [6.07, 6.45) is 4.23. The third-order valence-corrected chi connectivity index (χ3v) is 7.83. The largest absolute Gasteiger partial charge is 0.611 e. The number of carbonyl (C=O) groups is 1. The number of carboxylic acid groups (broad SMARTS) is 1. The second-order valence-electron chi connectivity index (χ2n) is 8.61. The zero-order valence-corrected chi connectivity index (χ0v) is 19.2. The van der Waals surface area contributed by atoms with Gasteiger partial charge in [-0.05, 0) is 48.3 Å². The number of fused-ring (bicyclic) bond motifs is 1. The first kappa shape index (κ1) is 22.2. The molecule has 3 aliphatic heterocycles. The van der Waals surface area contributed by atoms with Crippen molar-refractivity contribution in [2.75, 3.05) is 42.3 Å². The molecule has 0 saturated carbocycles. The summed E-state index contributed by atoms with van der Waals surface area (Å²) in [5.74, 6) is 1.74. The maximum atomic E-state index is 12.6. The van der Waals surface area contributed by atoms with Gasteiger partial charge in [-0.1, -0.05) is 0 Å². The third kappa shape index (κ3) is 5.02. The Kier molecular flexibility index (Phi) is 6.57. The topological polar surface area (TPSA) is 120 Å². The van der Waals surface area contributed by atoms with E-state index >= 15 is 0 Å². The van der Waals surface area contributed by atoms with Crippen LogP contribution in [0.25, 0.3) is 0 Å². The highest BCUT2D eigenvalue weighted by molar-refractivity contribution is 7.91. The summed E-state index contributed by atoms with van der Waals surface area (Å²) in [5.41, 5.74) is 1.14. The lowest BCUT2D eigenvalue weighted by Crippen LogP contribution is -2.39.